The first-order chi connectivity index (χ1) is 16.9. The van der Waals surface area contributed by atoms with Gasteiger partial charge >= 0.3 is 6.03 Å². The number of anilines is 1. The number of urea groups is 1. The Morgan fingerprint density at radius 1 is 0.971 bits per heavy atom. The third-order valence-corrected chi connectivity index (χ3v) is 6.29. The molecular formula is C28H29ClN4O2. The Morgan fingerprint density at radius 2 is 1.63 bits per heavy atom. The van der Waals surface area contributed by atoms with Crippen molar-refractivity contribution in [1.29, 1.82) is 0 Å². The summed E-state index contributed by atoms with van der Waals surface area (Å²) in [5.74, 6) is 0.846. The number of hydrogen-bond donors (Lipinski definition) is 1. The van der Waals surface area contributed by atoms with Crippen molar-refractivity contribution in [3.8, 4) is 5.69 Å². The van der Waals surface area contributed by atoms with Gasteiger partial charge in [-0.15, -0.1) is 0 Å². The highest BCUT2D eigenvalue weighted by Gasteiger charge is 2.27. The minimum Gasteiger partial charge on any atom is -0.315 e. The van der Waals surface area contributed by atoms with Crippen molar-refractivity contribution in [3.05, 3.63) is 100 Å². The molecule has 0 saturated heterocycles. The first-order valence-corrected chi connectivity index (χ1v) is 12.1. The summed E-state index contributed by atoms with van der Waals surface area (Å²) in [5.41, 5.74) is 1.59. The molecule has 0 saturated carbocycles. The summed E-state index contributed by atoms with van der Waals surface area (Å²) in [6.07, 6.45) is 0.802. The Bertz CT molecular complexity index is 1380. The fraction of sp³-hybridized carbons (Fsp3) is 0.250. The van der Waals surface area contributed by atoms with Crippen molar-refractivity contribution >= 4 is 34.2 Å². The fourth-order valence-electron chi connectivity index (χ4n) is 4.02. The molecule has 0 aliphatic carbocycles. The zero-order valence-electron chi connectivity index (χ0n) is 20.1. The molecule has 1 atom stereocenters. The van der Waals surface area contributed by atoms with Crippen LogP contribution in [-0.2, 0) is 0 Å². The minimum absolute atomic E-state index is 0.224. The number of benzene rings is 3. The lowest BCUT2D eigenvalue weighted by Crippen LogP contribution is -2.40. The second-order valence-electron chi connectivity index (χ2n) is 8.93. The third-order valence-electron chi connectivity index (χ3n) is 5.97. The standard InChI is InChI=1S/C28H29ClN4O2/c1-19(2)17-18-32(28(35)30-21-11-5-4-6-12-21)20(3)26-31-24-15-9-7-13-22(24)27(34)33(26)25-16-10-8-14-23(25)29/h4-16,19-20H,17-18H2,1-3H3,(H,30,35). The Balaban J connectivity index is 1.85. The molecule has 6 nitrogen and oxygen atoms in total. The van der Waals surface area contributed by atoms with Crippen LogP contribution in [0.15, 0.2) is 83.7 Å². The molecule has 0 bridgehead atoms. The molecule has 1 aromatic heterocycles. The van der Waals surface area contributed by atoms with Crippen LogP contribution in [0.25, 0.3) is 16.6 Å². The Hall–Kier alpha value is -3.64. The highest BCUT2D eigenvalue weighted by atomic mass is 35.5. The number of rotatable bonds is 7. The molecule has 1 heterocycles. The number of fused-ring (bicyclic) bond motifs is 1. The number of nitrogens with zero attached hydrogens (tertiary/aromatic N) is 3. The van der Waals surface area contributed by atoms with E-state index in [-0.39, 0.29) is 11.6 Å². The molecule has 7 heteroatoms. The number of carbonyl (C=O) groups excluding carboxylic acids is 1. The van der Waals surface area contributed by atoms with E-state index in [0.29, 0.717) is 45.6 Å². The lowest BCUT2D eigenvalue weighted by atomic mass is 10.1. The molecule has 180 valence electrons. The molecule has 0 radical (unpaired) electrons. The molecule has 0 aliphatic heterocycles. The van der Waals surface area contributed by atoms with Gasteiger partial charge in [-0.25, -0.2) is 9.78 Å². The van der Waals surface area contributed by atoms with Crippen LogP contribution in [0.3, 0.4) is 0 Å². The molecule has 4 aromatic rings. The number of carbonyl (C=O) groups is 1. The lowest BCUT2D eigenvalue weighted by molar-refractivity contribution is 0.185. The van der Waals surface area contributed by atoms with Crippen molar-refractivity contribution < 1.29 is 4.79 Å². The van der Waals surface area contributed by atoms with Gasteiger partial charge in [0.2, 0.25) is 0 Å². The normalized spacial score (nSPS) is 12.0. The summed E-state index contributed by atoms with van der Waals surface area (Å²) >= 11 is 6.53. The predicted octanol–water partition coefficient (Wildman–Crippen LogP) is 6.68. The number of halogens is 1. The van der Waals surface area contributed by atoms with Gasteiger partial charge in [-0.1, -0.05) is 67.9 Å². The van der Waals surface area contributed by atoms with E-state index in [2.05, 4.69) is 19.2 Å². The highest BCUT2D eigenvalue weighted by Crippen LogP contribution is 2.27. The second kappa shape index (κ2) is 10.7. The van der Waals surface area contributed by atoms with E-state index in [1.165, 1.54) is 4.57 Å². The van der Waals surface area contributed by atoms with E-state index in [0.717, 1.165) is 6.42 Å². The van der Waals surface area contributed by atoms with Crippen LogP contribution in [0.4, 0.5) is 10.5 Å². The monoisotopic (exact) mass is 488 g/mol. The maximum atomic E-state index is 13.7. The summed E-state index contributed by atoms with van der Waals surface area (Å²) in [6.45, 7) is 6.63. The van der Waals surface area contributed by atoms with Gasteiger partial charge in [-0.3, -0.25) is 9.36 Å². The van der Waals surface area contributed by atoms with Gasteiger partial charge in [-0.05, 0) is 55.7 Å². The number of nitrogens with one attached hydrogen (secondary N) is 1. The first-order valence-electron chi connectivity index (χ1n) is 11.8. The summed E-state index contributed by atoms with van der Waals surface area (Å²) in [5, 5.41) is 3.91. The van der Waals surface area contributed by atoms with Gasteiger partial charge in [0.05, 0.1) is 27.7 Å². The van der Waals surface area contributed by atoms with E-state index in [1.54, 1.807) is 23.1 Å². The average molecular weight is 489 g/mol. The van der Waals surface area contributed by atoms with E-state index in [9.17, 15) is 9.59 Å². The van der Waals surface area contributed by atoms with Crippen LogP contribution in [0, 0.1) is 5.92 Å². The molecule has 3 aromatic carbocycles. The van der Waals surface area contributed by atoms with Crippen molar-refractivity contribution in [1.82, 2.24) is 14.5 Å². The maximum Gasteiger partial charge on any atom is 0.322 e. The third kappa shape index (κ3) is 5.38. The molecule has 0 spiro atoms. The van der Waals surface area contributed by atoms with Gasteiger partial charge in [0, 0.05) is 12.2 Å². The lowest BCUT2D eigenvalue weighted by Gasteiger charge is -2.31. The fourth-order valence-corrected chi connectivity index (χ4v) is 4.24. The van der Waals surface area contributed by atoms with Gasteiger partial charge < -0.3 is 10.2 Å². The number of hydrogen-bond acceptors (Lipinski definition) is 3. The van der Waals surface area contributed by atoms with Crippen molar-refractivity contribution in [2.75, 3.05) is 11.9 Å². The van der Waals surface area contributed by atoms with Crippen molar-refractivity contribution in [2.45, 2.75) is 33.2 Å². The van der Waals surface area contributed by atoms with Crippen molar-refractivity contribution in [3.63, 3.8) is 0 Å². The summed E-state index contributed by atoms with van der Waals surface area (Å²) in [6, 6.07) is 23.0. The molecule has 0 aliphatic rings. The van der Waals surface area contributed by atoms with E-state index in [4.69, 9.17) is 16.6 Å². The molecule has 35 heavy (non-hydrogen) atoms. The molecule has 1 N–H and O–H groups in total. The zero-order valence-corrected chi connectivity index (χ0v) is 20.9. The van der Waals surface area contributed by atoms with Crippen LogP contribution in [-0.4, -0.2) is 27.0 Å². The van der Waals surface area contributed by atoms with E-state index in [1.807, 2.05) is 67.6 Å². The quantitative estimate of drug-likeness (QED) is 0.315. The second-order valence-corrected chi connectivity index (χ2v) is 9.33. The van der Waals surface area contributed by atoms with Crippen LogP contribution in [0.1, 0.15) is 39.1 Å². The SMILES string of the molecule is CC(C)CCN(C(=O)Nc1ccccc1)C(C)c1nc2ccccc2c(=O)n1-c1ccccc1Cl. The number of aromatic nitrogens is 2. The molecule has 0 fully saturated rings. The average Bonchev–Trinajstić information content (AvgIpc) is 2.85. The number of amides is 2. The molecule has 1 unspecified atom stereocenters. The van der Waals surface area contributed by atoms with E-state index < -0.39 is 6.04 Å². The summed E-state index contributed by atoms with van der Waals surface area (Å²) in [4.78, 5) is 33.8. The molecule has 4 rings (SSSR count). The topological polar surface area (TPSA) is 67.2 Å². The Labute approximate surface area is 210 Å². The smallest absolute Gasteiger partial charge is 0.315 e. The molecule has 2 amide bonds. The molecular weight excluding hydrogens is 460 g/mol. The summed E-state index contributed by atoms with van der Waals surface area (Å²) < 4.78 is 1.54. The van der Waals surface area contributed by atoms with Crippen LogP contribution in [0.2, 0.25) is 5.02 Å². The van der Waals surface area contributed by atoms with Gasteiger partial charge in [0.1, 0.15) is 5.82 Å². The van der Waals surface area contributed by atoms with Crippen molar-refractivity contribution in [2.24, 2.45) is 5.92 Å². The number of para-hydroxylation sites is 3. The van der Waals surface area contributed by atoms with Crippen LogP contribution in [0.5, 0.6) is 0 Å². The van der Waals surface area contributed by atoms with Gasteiger partial charge in [0.25, 0.3) is 5.56 Å². The van der Waals surface area contributed by atoms with Crippen LogP contribution < -0.4 is 10.9 Å². The Kier molecular flexibility index (Phi) is 7.51. The predicted molar refractivity (Wildman–Crippen MR) is 142 cm³/mol. The summed E-state index contributed by atoms with van der Waals surface area (Å²) in [7, 11) is 0. The zero-order chi connectivity index (χ0) is 24.9. The van der Waals surface area contributed by atoms with Gasteiger partial charge in [-0.2, -0.15) is 0 Å². The van der Waals surface area contributed by atoms with E-state index >= 15 is 0 Å². The maximum absolute atomic E-state index is 13.7. The largest absolute Gasteiger partial charge is 0.322 e. The minimum atomic E-state index is -0.508. The first kappa shape index (κ1) is 24.5. The Morgan fingerprint density at radius 3 is 2.34 bits per heavy atom. The van der Waals surface area contributed by atoms with Gasteiger partial charge in [0.15, 0.2) is 0 Å². The van der Waals surface area contributed by atoms with Crippen LogP contribution >= 0.6 is 11.6 Å². The highest BCUT2D eigenvalue weighted by molar-refractivity contribution is 6.32.